The van der Waals surface area contributed by atoms with Gasteiger partial charge in [-0.15, -0.1) is 21.5 Å². The van der Waals surface area contributed by atoms with E-state index in [1.807, 2.05) is 55.5 Å². The minimum Gasteiger partial charge on any atom is -0.268 e. The van der Waals surface area contributed by atoms with Gasteiger partial charge in [-0.3, -0.25) is 4.79 Å². The number of hydrogen-bond acceptors (Lipinski definition) is 5. The zero-order valence-electron chi connectivity index (χ0n) is 18.0. The molecule has 0 unspecified atom stereocenters. The molecule has 5 aromatic rings. The van der Waals surface area contributed by atoms with Crippen molar-refractivity contribution >= 4 is 50.7 Å². The average molecular weight is 493 g/mol. The van der Waals surface area contributed by atoms with Crippen LogP contribution in [0.5, 0.6) is 0 Å². The number of fused-ring (bicyclic) bond motifs is 5. The van der Waals surface area contributed by atoms with Crippen LogP contribution in [0.4, 0.5) is 0 Å². The summed E-state index contributed by atoms with van der Waals surface area (Å²) in [5.74, 6) is 1.31. The van der Waals surface area contributed by atoms with Crippen molar-refractivity contribution in [2.45, 2.75) is 43.5 Å². The maximum absolute atomic E-state index is 13.9. The van der Waals surface area contributed by atoms with Crippen molar-refractivity contribution in [2.75, 3.05) is 0 Å². The van der Waals surface area contributed by atoms with Gasteiger partial charge in [-0.2, -0.15) is 0 Å². The van der Waals surface area contributed by atoms with E-state index in [2.05, 4.69) is 14.6 Å². The smallest absolute Gasteiger partial charge is 0.268 e. The lowest BCUT2D eigenvalue weighted by atomic mass is 9.97. The van der Waals surface area contributed by atoms with Crippen molar-refractivity contribution in [3.63, 3.8) is 0 Å². The van der Waals surface area contributed by atoms with Crippen LogP contribution < -0.4 is 5.56 Å². The minimum absolute atomic E-state index is 0.00223. The first-order valence-electron chi connectivity index (χ1n) is 11.0. The van der Waals surface area contributed by atoms with Crippen LogP contribution in [0.3, 0.4) is 0 Å². The van der Waals surface area contributed by atoms with E-state index in [0.717, 1.165) is 62.2 Å². The first-order chi connectivity index (χ1) is 16.1. The molecule has 33 heavy (non-hydrogen) atoms. The van der Waals surface area contributed by atoms with Crippen LogP contribution >= 0.6 is 34.7 Å². The molecule has 8 heteroatoms. The number of halogens is 1. The van der Waals surface area contributed by atoms with E-state index in [4.69, 9.17) is 11.6 Å². The molecule has 1 aliphatic rings. The van der Waals surface area contributed by atoms with E-state index in [-0.39, 0.29) is 5.56 Å². The Bertz CT molecular complexity index is 1550. The highest BCUT2D eigenvalue weighted by molar-refractivity contribution is 7.98. The molecule has 0 bridgehead atoms. The highest BCUT2D eigenvalue weighted by Gasteiger charge is 2.25. The second-order valence-corrected chi connectivity index (χ2v) is 10.9. The molecule has 0 radical (unpaired) electrons. The van der Waals surface area contributed by atoms with Crippen LogP contribution in [-0.4, -0.2) is 19.2 Å². The number of nitrogens with zero attached hydrogens (tertiary/aromatic N) is 4. The van der Waals surface area contributed by atoms with Crippen molar-refractivity contribution in [1.82, 2.24) is 19.2 Å². The number of hydrogen-bond donors (Lipinski definition) is 0. The monoisotopic (exact) mass is 492 g/mol. The Balaban J connectivity index is 1.58. The minimum atomic E-state index is 0.00223. The maximum Gasteiger partial charge on any atom is 0.268 e. The zero-order chi connectivity index (χ0) is 22.5. The Morgan fingerprint density at radius 2 is 1.79 bits per heavy atom. The van der Waals surface area contributed by atoms with E-state index in [0.29, 0.717) is 5.78 Å². The highest BCUT2D eigenvalue weighted by atomic mass is 35.5. The molecule has 0 amide bonds. The van der Waals surface area contributed by atoms with Gasteiger partial charge in [0.05, 0.1) is 11.1 Å². The molecule has 0 N–H and O–H groups in total. The van der Waals surface area contributed by atoms with Crippen LogP contribution in [0.15, 0.2) is 58.5 Å². The summed E-state index contributed by atoms with van der Waals surface area (Å²) in [5.41, 5.74) is 4.35. The first kappa shape index (κ1) is 21.0. The van der Waals surface area contributed by atoms with Crippen LogP contribution in [-0.2, 0) is 18.6 Å². The van der Waals surface area contributed by atoms with Gasteiger partial charge in [-0.25, -0.2) is 8.97 Å². The Labute approximate surface area is 204 Å². The molecular weight excluding hydrogens is 472 g/mol. The molecule has 0 spiro atoms. The summed E-state index contributed by atoms with van der Waals surface area (Å²) >= 11 is 9.40. The number of benzene rings is 2. The van der Waals surface area contributed by atoms with Crippen LogP contribution in [0.2, 0.25) is 5.02 Å². The molecule has 3 heterocycles. The Hall–Kier alpha value is -2.61. The van der Waals surface area contributed by atoms with Crippen LogP contribution in [0.25, 0.3) is 21.7 Å². The van der Waals surface area contributed by atoms with E-state index >= 15 is 0 Å². The van der Waals surface area contributed by atoms with Crippen molar-refractivity contribution in [2.24, 2.45) is 0 Å². The van der Waals surface area contributed by atoms with E-state index in [1.165, 1.54) is 16.9 Å². The second-order valence-electron chi connectivity index (χ2n) is 8.40. The lowest BCUT2D eigenvalue weighted by Gasteiger charge is -2.12. The largest absolute Gasteiger partial charge is 0.268 e. The van der Waals surface area contributed by atoms with Crippen molar-refractivity contribution in [3.05, 3.63) is 85.5 Å². The van der Waals surface area contributed by atoms with Crippen LogP contribution in [0.1, 0.15) is 34.4 Å². The number of aromatic nitrogens is 4. The standard InChI is InChI=1S/C25H21ClN4OS2/c1-15-6-12-18(13-7-15)29-22(31)21-19-4-2-3-5-20(19)33-23(21)30-24(29)27-28-25(30)32-14-16-8-10-17(26)11-9-16/h6-13H,2-5,14H2,1H3. The molecule has 3 aromatic heterocycles. The Morgan fingerprint density at radius 3 is 2.58 bits per heavy atom. The van der Waals surface area contributed by atoms with E-state index in [9.17, 15) is 4.79 Å². The lowest BCUT2D eigenvalue weighted by molar-refractivity contribution is 0.699. The zero-order valence-corrected chi connectivity index (χ0v) is 20.4. The molecule has 0 saturated heterocycles. The molecule has 1 aliphatic carbocycles. The van der Waals surface area contributed by atoms with Gasteiger partial charge in [0.1, 0.15) is 4.83 Å². The molecule has 5 nitrogen and oxygen atoms in total. The Morgan fingerprint density at radius 1 is 1.03 bits per heavy atom. The van der Waals surface area contributed by atoms with Gasteiger partial charge in [0, 0.05) is 15.7 Å². The fourth-order valence-electron chi connectivity index (χ4n) is 4.47. The van der Waals surface area contributed by atoms with Gasteiger partial charge in [0.15, 0.2) is 5.16 Å². The third-order valence-electron chi connectivity index (χ3n) is 6.16. The summed E-state index contributed by atoms with van der Waals surface area (Å²) in [6.45, 7) is 2.04. The summed E-state index contributed by atoms with van der Waals surface area (Å²) in [6, 6.07) is 15.9. The number of rotatable bonds is 4. The Kier molecular flexibility index (Phi) is 5.28. The normalized spacial score (nSPS) is 13.6. The fraction of sp³-hybridized carbons (Fsp3) is 0.240. The molecule has 2 aromatic carbocycles. The van der Waals surface area contributed by atoms with Gasteiger partial charge < -0.3 is 0 Å². The molecule has 0 fully saturated rings. The van der Waals surface area contributed by atoms with Gasteiger partial charge in [-0.1, -0.05) is 53.2 Å². The predicted molar refractivity (Wildman–Crippen MR) is 136 cm³/mol. The number of aryl methyl sites for hydroxylation is 3. The molecule has 6 rings (SSSR count). The summed E-state index contributed by atoms with van der Waals surface area (Å²) < 4.78 is 3.81. The van der Waals surface area contributed by atoms with Crippen molar-refractivity contribution < 1.29 is 0 Å². The van der Waals surface area contributed by atoms with Crippen LogP contribution in [0, 0.1) is 6.92 Å². The van der Waals surface area contributed by atoms with Gasteiger partial charge in [0.25, 0.3) is 5.56 Å². The van der Waals surface area contributed by atoms with E-state index in [1.54, 1.807) is 27.7 Å². The number of thiophene rings is 1. The summed E-state index contributed by atoms with van der Waals surface area (Å²) in [4.78, 5) is 16.1. The quantitative estimate of drug-likeness (QED) is 0.279. The summed E-state index contributed by atoms with van der Waals surface area (Å²) in [7, 11) is 0. The van der Waals surface area contributed by atoms with E-state index < -0.39 is 0 Å². The third kappa shape index (κ3) is 3.59. The van der Waals surface area contributed by atoms with Gasteiger partial charge in [0.2, 0.25) is 5.78 Å². The lowest BCUT2D eigenvalue weighted by Crippen LogP contribution is -2.22. The maximum atomic E-state index is 13.9. The SMILES string of the molecule is Cc1ccc(-n2c(=O)c3c4c(sc3n3c(SCc5ccc(Cl)cc5)nnc23)CCCC4)cc1. The van der Waals surface area contributed by atoms with Crippen molar-refractivity contribution in [1.29, 1.82) is 0 Å². The molecule has 0 aliphatic heterocycles. The molecule has 166 valence electrons. The fourth-order valence-corrected chi connectivity index (χ4v) is 6.92. The third-order valence-corrected chi connectivity index (χ3v) is 8.69. The molecular formula is C25H21ClN4OS2. The summed E-state index contributed by atoms with van der Waals surface area (Å²) in [6.07, 6.45) is 4.30. The highest BCUT2D eigenvalue weighted by Crippen LogP contribution is 2.37. The average Bonchev–Trinajstić information content (AvgIpc) is 3.41. The predicted octanol–water partition coefficient (Wildman–Crippen LogP) is 6.23. The van der Waals surface area contributed by atoms with Gasteiger partial charge in [-0.05, 0) is 68.0 Å². The molecule has 0 saturated carbocycles. The van der Waals surface area contributed by atoms with Crippen molar-refractivity contribution in [3.8, 4) is 5.69 Å². The molecule has 0 atom stereocenters. The second kappa shape index (κ2) is 8.31. The topological polar surface area (TPSA) is 52.2 Å². The van der Waals surface area contributed by atoms with Gasteiger partial charge >= 0.3 is 0 Å². The number of thioether (sulfide) groups is 1. The first-order valence-corrected chi connectivity index (χ1v) is 13.2. The summed E-state index contributed by atoms with van der Waals surface area (Å²) in [5, 5.41) is 11.4.